The van der Waals surface area contributed by atoms with Crippen molar-refractivity contribution >= 4 is 43.6 Å². The number of pyridine rings is 1. The smallest absolute Gasteiger partial charge is 0.0708 e. The zero-order valence-corrected chi connectivity index (χ0v) is 26.2. The van der Waals surface area contributed by atoms with E-state index >= 15 is 0 Å². The van der Waals surface area contributed by atoms with E-state index in [1.54, 1.807) is 0 Å². The van der Waals surface area contributed by atoms with E-state index in [4.69, 9.17) is 16.4 Å². The van der Waals surface area contributed by atoms with E-state index in [0.29, 0.717) is 0 Å². The van der Waals surface area contributed by atoms with E-state index in [0.717, 1.165) is 39.2 Å². The summed E-state index contributed by atoms with van der Waals surface area (Å²) in [5.74, 6) is 2.81. The molecule has 218 valence electrons. The Bertz CT molecular complexity index is 2420. The number of benzene rings is 6. The molecule has 6 aromatic carbocycles. The maximum Gasteiger partial charge on any atom is 0.0708 e. The van der Waals surface area contributed by atoms with Gasteiger partial charge < -0.3 is 0 Å². The molecule has 2 nitrogen and oxygen atoms in total. The van der Waals surface area contributed by atoms with Gasteiger partial charge in [0.05, 0.1) is 5.69 Å². The molecule has 2 heteroatoms. The number of hydrogen-bond acceptors (Lipinski definition) is 2. The van der Waals surface area contributed by atoms with Crippen LogP contribution < -0.4 is 0 Å². The quantitative estimate of drug-likeness (QED) is 0.112. The molecule has 0 unspecified atom stereocenters. The second-order valence-corrected chi connectivity index (χ2v) is 12.6. The van der Waals surface area contributed by atoms with Crippen LogP contribution in [0.2, 0.25) is 0 Å². The van der Waals surface area contributed by atoms with Crippen LogP contribution in [0, 0.1) is 12.3 Å². The van der Waals surface area contributed by atoms with Gasteiger partial charge in [0.25, 0.3) is 0 Å². The molecule has 0 amide bonds. The molecule has 0 spiro atoms. The van der Waals surface area contributed by atoms with Crippen LogP contribution in [-0.2, 0) is 5.41 Å². The second kappa shape index (κ2) is 10.7. The zero-order chi connectivity index (χ0) is 31.4. The van der Waals surface area contributed by atoms with Crippen LogP contribution in [-0.4, -0.2) is 10.7 Å². The van der Waals surface area contributed by atoms with Gasteiger partial charge in [0, 0.05) is 45.8 Å². The molecule has 46 heavy (non-hydrogen) atoms. The standard InChI is InChI=1S/C44H32N2/c1-5-29(30-12-8-6-9-13-30)26-45-28(2)34-21-23-38-42-36(34)19-16-32-17-20-37-35(22-24-39(44(38,3)4)43(37)41(32)42)40-25-18-33(27-46-40)31-14-10-7-11-15-31/h1,6-27H,2-4H3/b29-26+,45-28+. The van der Waals surface area contributed by atoms with Crippen LogP contribution in [0.15, 0.2) is 139 Å². The summed E-state index contributed by atoms with van der Waals surface area (Å²) < 4.78 is 0. The van der Waals surface area contributed by atoms with Crippen LogP contribution in [0.25, 0.3) is 60.3 Å². The average molecular weight is 589 g/mol. The van der Waals surface area contributed by atoms with Gasteiger partial charge in [0.15, 0.2) is 0 Å². The molecule has 0 atom stereocenters. The summed E-state index contributed by atoms with van der Waals surface area (Å²) in [6, 6.07) is 42.9. The third kappa shape index (κ3) is 4.28. The Morgan fingerprint density at radius 3 is 2.07 bits per heavy atom. The first-order valence-electron chi connectivity index (χ1n) is 15.7. The van der Waals surface area contributed by atoms with Crippen molar-refractivity contribution in [2.24, 2.45) is 4.99 Å². The van der Waals surface area contributed by atoms with Crippen molar-refractivity contribution in [1.29, 1.82) is 0 Å². The van der Waals surface area contributed by atoms with Gasteiger partial charge in [0.2, 0.25) is 0 Å². The first-order chi connectivity index (χ1) is 22.5. The SMILES string of the molecule is C#C/C(=C\N=C(/C)c1ccc2c3c1ccc1ccc4c(-c5ccc(-c6ccccc6)cn5)ccc(c4c13)C2(C)C)c1ccccc1. The monoisotopic (exact) mass is 588 g/mol. The number of nitrogens with zero attached hydrogens (tertiary/aromatic N) is 2. The molecule has 7 aromatic rings. The Hall–Kier alpha value is -5.78. The molecule has 0 saturated heterocycles. The van der Waals surface area contributed by atoms with Crippen molar-refractivity contribution in [3.63, 3.8) is 0 Å². The van der Waals surface area contributed by atoms with Crippen molar-refractivity contribution in [3.05, 3.63) is 156 Å². The van der Waals surface area contributed by atoms with Gasteiger partial charge in [-0.25, -0.2) is 0 Å². The topological polar surface area (TPSA) is 25.2 Å². The molecule has 0 aliphatic heterocycles. The molecule has 1 aliphatic carbocycles. The third-order valence-corrected chi connectivity index (χ3v) is 9.65. The van der Waals surface area contributed by atoms with Crippen LogP contribution >= 0.6 is 0 Å². The van der Waals surface area contributed by atoms with Gasteiger partial charge in [-0.1, -0.05) is 135 Å². The molecule has 0 radical (unpaired) electrons. The maximum atomic E-state index is 5.89. The summed E-state index contributed by atoms with van der Waals surface area (Å²) in [6.07, 6.45) is 9.69. The molecule has 1 heterocycles. The van der Waals surface area contributed by atoms with Gasteiger partial charge in [-0.3, -0.25) is 9.98 Å². The predicted octanol–water partition coefficient (Wildman–Crippen LogP) is 11.0. The highest BCUT2D eigenvalue weighted by Crippen LogP contribution is 2.50. The van der Waals surface area contributed by atoms with Gasteiger partial charge in [0.1, 0.15) is 0 Å². The van der Waals surface area contributed by atoms with E-state index < -0.39 is 0 Å². The minimum absolute atomic E-state index is 0.185. The number of aliphatic imine (C=N–C) groups is 1. The fourth-order valence-corrected chi connectivity index (χ4v) is 7.23. The summed E-state index contributed by atoms with van der Waals surface area (Å²) in [5, 5.41) is 7.62. The molecule has 8 rings (SSSR count). The number of allylic oxidation sites excluding steroid dienone is 1. The number of hydrogen-bond donors (Lipinski definition) is 0. The van der Waals surface area contributed by atoms with Crippen molar-refractivity contribution < 1.29 is 0 Å². The highest BCUT2D eigenvalue weighted by atomic mass is 14.7. The molecule has 0 saturated carbocycles. The molecular weight excluding hydrogens is 556 g/mol. The fraction of sp³-hybridized carbons (Fsp3) is 0.0909. The lowest BCUT2D eigenvalue weighted by molar-refractivity contribution is 0.652. The van der Waals surface area contributed by atoms with E-state index in [9.17, 15) is 0 Å². The molecule has 1 aromatic heterocycles. The number of rotatable bonds is 5. The molecule has 1 aliphatic rings. The number of aromatic nitrogens is 1. The second-order valence-electron chi connectivity index (χ2n) is 12.6. The normalized spacial score (nSPS) is 14.0. The van der Waals surface area contributed by atoms with E-state index in [2.05, 4.69) is 112 Å². The Kier molecular flexibility index (Phi) is 6.45. The minimum Gasteiger partial charge on any atom is -0.260 e. The van der Waals surface area contributed by atoms with Crippen molar-refractivity contribution in [2.75, 3.05) is 0 Å². The van der Waals surface area contributed by atoms with Gasteiger partial charge in [-0.15, -0.1) is 6.42 Å². The van der Waals surface area contributed by atoms with Crippen molar-refractivity contribution in [3.8, 4) is 34.7 Å². The van der Waals surface area contributed by atoms with Crippen molar-refractivity contribution in [2.45, 2.75) is 26.2 Å². The first kappa shape index (κ1) is 27.7. The van der Waals surface area contributed by atoms with E-state index in [1.165, 1.54) is 49.0 Å². The fourth-order valence-electron chi connectivity index (χ4n) is 7.23. The Morgan fingerprint density at radius 1 is 0.696 bits per heavy atom. The Morgan fingerprint density at radius 2 is 1.37 bits per heavy atom. The van der Waals surface area contributed by atoms with Gasteiger partial charge >= 0.3 is 0 Å². The summed E-state index contributed by atoms with van der Waals surface area (Å²) in [6.45, 7) is 6.77. The molecule has 0 fully saturated rings. The Labute approximate surface area is 269 Å². The van der Waals surface area contributed by atoms with Crippen LogP contribution in [0.5, 0.6) is 0 Å². The highest BCUT2D eigenvalue weighted by Gasteiger charge is 2.33. The lowest BCUT2D eigenvalue weighted by atomic mass is 9.68. The molecule has 0 N–H and O–H groups in total. The lowest BCUT2D eigenvalue weighted by Gasteiger charge is -2.35. The van der Waals surface area contributed by atoms with Crippen LogP contribution in [0.1, 0.15) is 43.0 Å². The van der Waals surface area contributed by atoms with Crippen LogP contribution in [0.3, 0.4) is 0 Å². The largest absolute Gasteiger partial charge is 0.260 e. The van der Waals surface area contributed by atoms with Gasteiger partial charge in [-0.05, 0) is 67.6 Å². The summed E-state index contributed by atoms with van der Waals surface area (Å²) in [7, 11) is 0. The first-order valence-corrected chi connectivity index (χ1v) is 15.7. The predicted molar refractivity (Wildman–Crippen MR) is 195 cm³/mol. The lowest BCUT2D eigenvalue weighted by Crippen LogP contribution is -2.23. The third-order valence-electron chi connectivity index (χ3n) is 9.65. The zero-order valence-electron chi connectivity index (χ0n) is 26.2. The summed E-state index contributed by atoms with van der Waals surface area (Å²) >= 11 is 0. The van der Waals surface area contributed by atoms with E-state index in [-0.39, 0.29) is 5.41 Å². The molecular formula is C44H32N2. The summed E-state index contributed by atoms with van der Waals surface area (Å²) in [5.41, 5.74) is 10.7. The maximum absolute atomic E-state index is 5.89. The average Bonchev–Trinajstić information content (AvgIpc) is 3.11. The number of terminal acetylenes is 1. The van der Waals surface area contributed by atoms with Gasteiger partial charge in [-0.2, -0.15) is 0 Å². The Balaban J connectivity index is 1.33. The molecule has 0 bridgehead atoms. The minimum atomic E-state index is -0.185. The van der Waals surface area contributed by atoms with Crippen LogP contribution in [0.4, 0.5) is 0 Å². The van der Waals surface area contributed by atoms with Crippen molar-refractivity contribution in [1.82, 2.24) is 4.98 Å². The highest BCUT2D eigenvalue weighted by molar-refractivity contribution is 6.28. The summed E-state index contributed by atoms with van der Waals surface area (Å²) in [4.78, 5) is 9.87. The van der Waals surface area contributed by atoms with E-state index in [1.807, 2.05) is 48.8 Å².